The predicted molar refractivity (Wildman–Crippen MR) is 248 cm³/mol. The van der Waals surface area contributed by atoms with Gasteiger partial charge in [0.1, 0.15) is 10.7 Å². The molecule has 0 unspecified atom stereocenters. The molecule has 0 aliphatic carbocycles. The van der Waals surface area contributed by atoms with Gasteiger partial charge in [0.2, 0.25) is 5.91 Å². The van der Waals surface area contributed by atoms with Gasteiger partial charge in [-0.3, -0.25) is 28.0 Å². The SMILES string of the molecule is CC(=O)Nc1ccc(S(=O)(=O)N(Cc2ccccc2)c2ccc(F)c(C(=O)NC(C)C)c2)cc1.CC(C)NC(=O)c1cccc(N(Cc2ccc(Cl)cc2)S(=O)(=O)c2cccnc2)c1. The molecule has 0 atom stereocenters. The number of nitrogens with one attached hydrogen (secondary N) is 3. The van der Waals surface area contributed by atoms with E-state index >= 15 is 0 Å². The summed E-state index contributed by atoms with van der Waals surface area (Å²) in [6, 6.07) is 34.6. The first kappa shape index (κ1) is 48.4. The van der Waals surface area contributed by atoms with Crippen molar-refractivity contribution in [2.24, 2.45) is 0 Å². The summed E-state index contributed by atoms with van der Waals surface area (Å²) in [6.45, 7) is 8.61. The number of carbonyl (C=O) groups excluding carboxylic acids is 3. The Balaban J connectivity index is 0.000000243. The van der Waals surface area contributed by atoms with Crippen LogP contribution in [0.25, 0.3) is 0 Å². The Labute approximate surface area is 378 Å². The van der Waals surface area contributed by atoms with Crippen LogP contribution in [0.3, 0.4) is 0 Å². The van der Waals surface area contributed by atoms with Crippen LogP contribution in [0.1, 0.15) is 66.5 Å². The summed E-state index contributed by atoms with van der Waals surface area (Å²) >= 11 is 5.96. The van der Waals surface area contributed by atoms with Gasteiger partial charge < -0.3 is 16.0 Å². The van der Waals surface area contributed by atoms with E-state index in [4.69, 9.17) is 11.6 Å². The van der Waals surface area contributed by atoms with Gasteiger partial charge in [-0.05, 0) is 124 Å². The van der Waals surface area contributed by atoms with Gasteiger partial charge in [-0.1, -0.05) is 60.1 Å². The molecule has 5 aromatic carbocycles. The lowest BCUT2D eigenvalue weighted by molar-refractivity contribution is -0.114. The van der Waals surface area contributed by atoms with Crippen LogP contribution in [0.4, 0.5) is 21.5 Å². The van der Waals surface area contributed by atoms with Crippen molar-refractivity contribution in [3.8, 4) is 0 Å². The number of halogens is 2. The average Bonchev–Trinajstić information content (AvgIpc) is 3.26. The quantitative estimate of drug-likeness (QED) is 0.0918. The summed E-state index contributed by atoms with van der Waals surface area (Å²) in [5.74, 6) is -1.93. The van der Waals surface area contributed by atoms with Gasteiger partial charge in [0.25, 0.3) is 31.9 Å². The van der Waals surface area contributed by atoms with Crippen LogP contribution in [0, 0.1) is 5.82 Å². The molecule has 6 aromatic rings. The first-order chi connectivity index (χ1) is 30.3. The van der Waals surface area contributed by atoms with Crippen LogP contribution in [0.2, 0.25) is 5.02 Å². The lowest BCUT2D eigenvalue weighted by Gasteiger charge is -2.25. The van der Waals surface area contributed by atoms with E-state index in [0.717, 1.165) is 15.9 Å². The number of pyridine rings is 1. The number of amides is 3. The van der Waals surface area contributed by atoms with E-state index in [1.165, 1.54) is 66.1 Å². The number of hydrogen-bond acceptors (Lipinski definition) is 8. The van der Waals surface area contributed by atoms with Crippen LogP contribution in [0.15, 0.2) is 156 Å². The van der Waals surface area contributed by atoms with Gasteiger partial charge in [-0.25, -0.2) is 21.2 Å². The van der Waals surface area contributed by atoms with Crippen molar-refractivity contribution in [2.75, 3.05) is 13.9 Å². The minimum absolute atomic E-state index is 0.0185. The molecule has 0 spiro atoms. The fourth-order valence-corrected chi connectivity index (χ4v) is 9.11. The predicted octanol–water partition coefficient (Wildman–Crippen LogP) is 8.59. The first-order valence-electron chi connectivity index (χ1n) is 20.0. The molecule has 0 fully saturated rings. The van der Waals surface area contributed by atoms with Crippen LogP contribution in [-0.4, -0.2) is 51.6 Å². The molecule has 3 amide bonds. The third-order valence-corrected chi connectivity index (χ3v) is 12.9. The molecule has 0 saturated carbocycles. The molecular formula is C47H48ClFN6O7S2. The van der Waals surface area contributed by atoms with Crippen molar-refractivity contribution in [3.63, 3.8) is 0 Å². The largest absolute Gasteiger partial charge is 0.350 e. The molecule has 1 aromatic heterocycles. The van der Waals surface area contributed by atoms with Crippen LogP contribution in [0.5, 0.6) is 0 Å². The lowest BCUT2D eigenvalue weighted by atomic mass is 10.1. The second-order valence-corrected chi connectivity index (χ2v) is 19.2. The summed E-state index contributed by atoms with van der Waals surface area (Å²) in [4.78, 5) is 40.2. The minimum Gasteiger partial charge on any atom is -0.350 e. The Kier molecular flexibility index (Phi) is 16.4. The van der Waals surface area contributed by atoms with Crippen molar-refractivity contribution in [1.82, 2.24) is 15.6 Å². The highest BCUT2D eigenvalue weighted by Gasteiger charge is 2.28. The summed E-state index contributed by atoms with van der Waals surface area (Å²) < 4.78 is 71.0. The first-order valence-corrected chi connectivity index (χ1v) is 23.2. The number of sulfonamides is 2. The Morgan fingerprint density at radius 1 is 0.641 bits per heavy atom. The third-order valence-electron chi connectivity index (χ3n) is 9.11. The molecule has 0 aliphatic rings. The molecule has 0 radical (unpaired) electrons. The Morgan fingerprint density at radius 3 is 1.80 bits per heavy atom. The zero-order valence-electron chi connectivity index (χ0n) is 35.7. The van der Waals surface area contributed by atoms with Gasteiger partial charge in [0.05, 0.1) is 34.9 Å². The minimum atomic E-state index is -4.11. The van der Waals surface area contributed by atoms with Crippen molar-refractivity contribution in [2.45, 2.75) is 69.6 Å². The third kappa shape index (κ3) is 13.0. The maximum Gasteiger partial charge on any atom is 0.266 e. The molecule has 1 heterocycles. The molecular weight excluding hydrogens is 879 g/mol. The normalized spacial score (nSPS) is 11.3. The smallest absolute Gasteiger partial charge is 0.266 e. The summed E-state index contributed by atoms with van der Waals surface area (Å²) in [7, 11) is -8.03. The number of hydrogen-bond donors (Lipinski definition) is 3. The lowest BCUT2D eigenvalue weighted by Crippen LogP contribution is -2.33. The second-order valence-electron chi connectivity index (χ2n) is 15.0. The molecule has 0 aliphatic heterocycles. The van der Waals surface area contributed by atoms with Gasteiger partial charge in [-0.2, -0.15) is 0 Å². The van der Waals surface area contributed by atoms with Crippen LogP contribution >= 0.6 is 11.6 Å². The summed E-state index contributed by atoms with van der Waals surface area (Å²) in [6.07, 6.45) is 2.82. The zero-order chi connectivity index (χ0) is 46.6. The monoisotopic (exact) mass is 926 g/mol. The van der Waals surface area contributed by atoms with Gasteiger partial charge >= 0.3 is 0 Å². The fraction of sp³-hybridized carbons (Fsp3) is 0.191. The molecule has 13 nitrogen and oxygen atoms in total. The van der Waals surface area contributed by atoms with Crippen molar-refractivity contribution in [1.29, 1.82) is 0 Å². The standard InChI is InChI=1S/C25H26FN3O4S.C22H22ClN3O3S/c1-17(2)27-25(31)23-15-21(11-14-24(23)26)29(16-19-7-5-4-6-8-19)34(32,33)22-12-9-20(10-13-22)28-18(3)30;1-16(2)25-22(27)18-5-3-6-20(13-18)26(15-17-8-10-19(23)11-9-17)30(28,29)21-7-4-12-24-14-21/h4-15,17H,16H2,1-3H3,(H,27,31)(H,28,30);3-14,16H,15H2,1-2H3,(H,25,27). The maximum absolute atomic E-state index is 14.5. The number of carbonyl (C=O) groups is 3. The molecule has 3 N–H and O–H groups in total. The molecule has 0 bridgehead atoms. The molecule has 6 rings (SSSR count). The van der Waals surface area contributed by atoms with Crippen molar-refractivity contribution in [3.05, 3.63) is 179 Å². The van der Waals surface area contributed by atoms with Crippen LogP contribution < -0.4 is 24.6 Å². The molecule has 64 heavy (non-hydrogen) atoms. The van der Waals surface area contributed by atoms with E-state index in [-0.39, 0.29) is 58.0 Å². The Hall–Kier alpha value is -6.62. The van der Waals surface area contributed by atoms with Crippen LogP contribution in [-0.2, 0) is 37.9 Å². The number of benzene rings is 5. The second kappa shape index (κ2) is 21.6. The number of nitrogens with zero attached hydrogens (tertiary/aromatic N) is 3. The van der Waals surface area contributed by atoms with Gasteiger partial charge in [-0.15, -0.1) is 0 Å². The highest BCUT2D eigenvalue weighted by atomic mass is 35.5. The van der Waals surface area contributed by atoms with E-state index in [9.17, 15) is 35.6 Å². The summed E-state index contributed by atoms with van der Waals surface area (Å²) in [5.41, 5.74) is 2.57. The fourth-order valence-electron chi connectivity index (χ4n) is 6.13. The average molecular weight is 928 g/mol. The van der Waals surface area contributed by atoms with E-state index in [2.05, 4.69) is 20.9 Å². The van der Waals surface area contributed by atoms with Crippen molar-refractivity contribution < 1.29 is 35.6 Å². The number of rotatable bonds is 15. The highest BCUT2D eigenvalue weighted by Crippen LogP contribution is 2.30. The maximum atomic E-state index is 14.5. The van der Waals surface area contributed by atoms with Gasteiger partial charge in [0.15, 0.2) is 0 Å². The van der Waals surface area contributed by atoms with Crippen molar-refractivity contribution >= 4 is 66.4 Å². The number of anilines is 3. The molecule has 17 heteroatoms. The van der Waals surface area contributed by atoms with E-state index in [1.54, 1.807) is 92.7 Å². The molecule has 334 valence electrons. The highest BCUT2D eigenvalue weighted by molar-refractivity contribution is 7.93. The summed E-state index contributed by atoms with van der Waals surface area (Å²) in [5, 5.41) is 8.60. The molecule has 0 saturated heterocycles. The number of aromatic nitrogens is 1. The zero-order valence-corrected chi connectivity index (χ0v) is 38.1. The Bertz CT molecular complexity index is 2780. The van der Waals surface area contributed by atoms with Gasteiger partial charge in [0, 0.05) is 47.7 Å². The van der Waals surface area contributed by atoms with E-state index in [1.807, 2.05) is 19.9 Å². The van der Waals surface area contributed by atoms with E-state index in [0.29, 0.717) is 27.5 Å². The Morgan fingerprint density at radius 2 is 1.22 bits per heavy atom. The van der Waals surface area contributed by atoms with E-state index < -0.39 is 31.8 Å². The topological polar surface area (TPSA) is 175 Å².